The third-order valence-electron chi connectivity index (χ3n) is 6.68. The van der Waals surface area contributed by atoms with Gasteiger partial charge in [-0.1, -0.05) is 42.5 Å². The molecule has 192 valence electrons. The number of ether oxygens (including phenoxy) is 3. The minimum atomic E-state index is -3.30. The summed E-state index contributed by atoms with van der Waals surface area (Å²) in [6, 6.07) is 24.2. The fourth-order valence-electron chi connectivity index (χ4n) is 4.59. The lowest BCUT2D eigenvalue weighted by molar-refractivity contribution is -0.0948. The highest BCUT2D eigenvalue weighted by molar-refractivity contribution is 7.90. The van der Waals surface area contributed by atoms with Crippen molar-refractivity contribution in [3.63, 3.8) is 0 Å². The summed E-state index contributed by atoms with van der Waals surface area (Å²) in [4.78, 5) is 4.98. The quantitative estimate of drug-likeness (QED) is 0.298. The molecule has 5 rings (SSSR count). The molecule has 37 heavy (non-hydrogen) atoms. The number of sulfone groups is 1. The molecule has 0 spiro atoms. The fourth-order valence-corrected chi connectivity index (χ4v) is 5.22. The second-order valence-electron chi connectivity index (χ2n) is 9.08. The van der Waals surface area contributed by atoms with E-state index in [9.17, 15) is 8.42 Å². The average molecular weight is 520 g/mol. The van der Waals surface area contributed by atoms with E-state index in [-0.39, 0.29) is 17.1 Å². The number of hydrogen-bond acceptors (Lipinski definition) is 7. The standard InChI is InChI=1S/C29H29NO6S/c1-33-29(15-17-34-18-16-29)23-9-6-10-24(19-23)35-20-26-30-27(21-7-4-3-5-8-21)28(36-26)22-11-13-25(14-12-22)37(2,31)32/h3-14,19H,15-18,20H2,1-2H3. The van der Waals surface area contributed by atoms with Gasteiger partial charge in [0, 0.05) is 50.5 Å². The average Bonchev–Trinajstić information content (AvgIpc) is 3.37. The van der Waals surface area contributed by atoms with Gasteiger partial charge in [-0.2, -0.15) is 0 Å². The van der Waals surface area contributed by atoms with E-state index in [1.165, 1.54) is 6.26 Å². The monoisotopic (exact) mass is 519 g/mol. The highest BCUT2D eigenvalue weighted by Gasteiger charge is 2.34. The van der Waals surface area contributed by atoms with E-state index in [0.717, 1.165) is 29.5 Å². The summed E-state index contributed by atoms with van der Waals surface area (Å²) in [5.41, 5.74) is 2.96. The van der Waals surface area contributed by atoms with Gasteiger partial charge in [0.1, 0.15) is 11.4 Å². The molecule has 0 saturated carbocycles. The summed E-state index contributed by atoms with van der Waals surface area (Å²) in [5, 5.41) is 0. The Kier molecular flexibility index (Phi) is 7.15. The van der Waals surface area contributed by atoms with E-state index in [4.69, 9.17) is 23.6 Å². The van der Waals surface area contributed by atoms with Crippen LogP contribution in [0, 0.1) is 0 Å². The SMILES string of the molecule is COC1(c2cccc(OCc3nc(-c4ccccc4)c(-c4ccc(S(C)(=O)=O)cc4)o3)c2)CCOCC1. The van der Waals surface area contributed by atoms with Gasteiger partial charge in [0.05, 0.1) is 10.5 Å². The van der Waals surface area contributed by atoms with E-state index < -0.39 is 9.84 Å². The van der Waals surface area contributed by atoms with Gasteiger partial charge >= 0.3 is 0 Å². The van der Waals surface area contributed by atoms with Gasteiger partial charge in [0.15, 0.2) is 22.2 Å². The zero-order valence-electron chi connectivity index (χ0n) is 20.8. The van der Waals surface area contributed by atoms with Crippen molar-refractivity contribution >= 4 is 9.84 Å². The number of oxazole rings is 1. The van der Waals surface area contributed by atoms with Crippen molar-refractivity contribution in [3.8, 4) is 28.3 Å². The molecule has 0 amide bonds. The van der Waals surface area contributed by atoms with Crippen LogP contribution in [0.5, 0.6) is 5.75 Å². The largest absolute Gasteiger partial charge is 0.484 e. The zero-order chi connectivity index (χ0) is 25.9. The summed E-state index contributed by atoms with van der Waals surface area (Å²) in [7, 11) is -1.56. The molecule has 4 aromatic rings. The predicted molar refractivity (Wildman–Crippen MR) is 140 cm³/mol. The first-order valence-electron chi connectivity index (χ1n) is 12.1. The number of aromatic nitrogens is 1. The van der Waals surface area contributed by atoms with Gasteiger partial charge in [-0.25, -0.2) is 13.4 Å². The Hall–Kier alpha value is -3.46. The van der Waals surface area contributed by atoms with Crippen molar-refractivity contribution in [2.45, 2.75) is 29.9 Å². The highest BCUT2D eigenvalue weighted by atomic mass is 32.2. The Morgan fingerprint density at radius 2 is 1.65 bits per heavy atom. The van der Waals surface area contributed by atoms with Crippen molar-refractivity contribution in [1.29, 1.82) is 0 Å². The molecule has 3 aromatic carbocycles. The summed E-state index contributed by atoms with van der Waals surface area (Å²) in [6.07, 6.45) is 2.76. The summed E-state index contributed by atoms with van der Waals surface area (Å²) in [6.45, 7) is 1.45. The molecule has 1 aliphatic heterocycles. The number of methoxy groups -OCH3 is 1. The molecule has 0 radical (unpaired) electrons. The van der Waals surface area contributed by atoms with Crippen LogP contribution in [-0.2, 0) is 31.5 Å². The van der Waals surface area contributed by atoms with Crippen molar-refractivity contribution in [2.24, 2.45) is 0 Å². The lowest BCUT2D eigenvalue weighted by Gasteiger charge is -2.36. The molecule has 7 nitrogen and oxygen atoms in total. The van der Waals surface area contributed by atoms with Crippen molar-refractivity contribution in [2.75, 3.05) is 26.6 Å². The van der Waals surface area contributed by atoms with Crippen LogP contribution in [0.15, 0.2) is 88.2 Å². The van der Waals surface area contributed by atoms with Crippen LogP contribution in [0.4, 0.5) is 0 Å². The third kappa shape index (κ3) is 5.46. The van der Waals surface area contributed by atoms with E-state index in [2.05, 4.69) is 6.07 Å². The number of benzene rings is 3. The first-order chi connectivity index (χ1) is 17.9. The smallest absolute Gasteiger partial charge is 0.233 e. The van der Waals surface area contributed by atoms with E-state index in [1.54, 1.807) is 31.4 Å². The van der Waals surface area contributed by atoms with Crippen molar-refractivity contribution in [1.82, 2.24) is 4.98 Å². The lowest BCUT2D eigenvalue weighted by Crippen LogP contribution is -2.35. The molecule has 0 atom stereocenters. The molecule has 0 unspecified atom stereocenters. The van der Waals surface area contributed by atoms with Crippen LogP contribution in [0.2, 0.25) is 0 Å². The van der Waals surface area contributed by atoms with Gasteiger partial charge in [-0.05, 0) is 42.0 Å². The Bertz CT molecular complexity index is 1460. The molecule has 1 aromatic heterocycles. The van der Waals surface area contributed by atoms with Gasteiger partial charge in [0.25, 0.3) is 0 Å². The van der Waals surface area contributed by atoms with Gasteiger partial charge in [0.2, 0.25) is 5.89 Å². The van der Waals surface area contributed by atoms with E-state index >= 15 is 0 Å². The molecule has 1 saturated heterocycles. The van der Waals surface area contributed by atoms with Crippen LogP contribution in [-0.4, -0.2) is 40.0 Å². The number of rotatable bonds is 8. The highest BCUT2D eigenvalue weighted by Crippen LogP contribution is 2.37. The molecule has 0 bridgehead atoms. The van der Waals surface area contributed by atoms with Crippen LogP contribution in [0.3, 0.4) is 0 Å². The number of hydrogen-bond donors (Lipinski definition) is 0. The van der Waals surface area contributed by atoms with Crippen molar-refractivity contribution < 1.29 is 27.0 Å². The topological polar surface area (TPSA) is 87.9 Å². The van der Waals surface area contributed by atoms with Crippen LogP contribution in [0.1, 0.15) is 24.3 Å². The first-order valence-corrected chi connectivity index (χ1v) is 14.0. The maximum absolute atomic E-state index is 11.9. The molecular formula is C29H29NO6S. The Morgan fingerprint density at radius 3 is 2.32 bits per heavy atom. The maximum atomic E-state index is 11.9. The van der Waals surface area contributed by atoms with Gasteiger partial charge < -0.3 is 18.6 Å². The van der Waals surface area contributed by atoms with E-state index in [0.29, 0.717) is 36.3 Å². The summed E-state index contributed by atoms with van der Waals surface area (Å²) in [5.74, 6) is 1.66. The molecule has 0 aliphatic carbocycles. The molecule has 1 fully saturated rings. The predicted octanol–water partition coefficient (Wildman–Crippen LogP) is 5.64. The zero-order valence-corrected chi connectivity index (χ0v) is 21.7. The Morgan fingerprint density at radius 1 is 0.919 bits per heavy atom. The minimum Gasteiger partial charge on any atom is -0.484 e. The maximum Gasteiger partial charge on any atom is 0.233 e. The Balaban J connectivity index is 1.42. The second kappa shape index (κ2) is 10.5. The minimum absolute atomic E-state index is 0.133. The first kappa shape index (κ1) is 25.2. The fraction of sp³-hybridized carbons (Fsp3) is 0.276. The van der Waals surface area contributed by atoms with Crippen LogP contribution >= 0.6 is 0 Å². The molecule has 1 aliphatic rings. The Labute approximate surface area is 216 Å². The molecule has 0 N–H and O–H groups in total. The second-order valence-corrected chi connectivity index (χ2v) is 11.1. The lowest BCUT2D eigenvalue weighted by atomic mass is 9.86. The van der Waals surface area contributed by atoms with Gasteiger partial charge in [-0.3, -0.25) is 0 Å². The number of nitrogens with zero attached hydrogens (tertiary/aromatic N) is 1. The van der Waals surface area contributed by atoms with Crippen molar-refractivity contribution in [3.05, 3.63) is 90.3 Å². The molecule has 8 heteroatoms. The third-order valence-corrected chi connectivity index (χ3v) is 7.81. The van der Waals surface area contributed by atoms with Crippen LogP contribution in [0.25, 0.3) is 22.6 Å². The molecular weight excluding hydrogens is 490 g/mol. The summed E-state index contributed by atoms with van der Waals surface area (Å²) < 4.78 is 47.5. The summed E-state index contributed by atoms with van der Waals surface area (Å²) >= 11 is 0. The molecule has 2 heterocycles. The van der Waals surface area contributed by atoms with E-state index in [1.807, 2.05) is 48.5 Å². The van der Waals surface area contributed by atoms with Crippen LogP contribution < -0.4 is 4.74 Å². The normalized spacial score (nSPS) is 15.4. The van der Waals surface area contributed by atoms with Gasteiger partial charge in [-0.15, -0.1) is 0 Å².